The van der Waals surface area contributed by atoms with E-state index in [0.29, 0.717) is 5.95 Å². The van der Waals surface area contributed by atoms with Gasteiger partial charge in [0.1, 0.15) is 11.2 Å². The van der Waals surface area contributed by atoms with Crippen molar-refractivity contribution in [2.24, 2.45) is 0 Å². The fourth-order valence-electron chi connectivity index (χ4n) is 6.31. The fraction of sp³-hybridized carbons (Fsp3) is 0. The third-order valence-corrected chi connectivity index (χ3v) is 7.99. The minimum absolute atomic E-state index is 0.654. The number of hydrogen-bond donors (Lipinski definition) is 0. The van der Waals surface area contributed by atoms with E-state index in [-0.39, 0.29) is 0 Å². The zero-order chi connectivity index (χ0) is 26.2. The van der Waals surface area contributed by atoms with E-state index >= 15 is 0 Å². The summed E-state index contributed by atoms with van der Waals surface area (Å²) < 4.78 is 8.77. The Bertz CT molecular complexity index is 2430. The number of fused-ring (bicyclic) bond motifs is 11. The van der Waals surface area contributed by atoms with Crippen LogP contribution in [0.5, 0.6) is 0 Å². The van der Waals surface area contributed by atoms with E-state index < -0.39 is 0 Å². The predicted molar refractivity (Wildman–Crippen MR) is 164 cm³/mol. The lowest BCUT2D eigenvalue weighted by atomic mass is 9.99. The SMILES string of the molecule is c1ccc(-c2nc(-n3c4ccccc4c4c5c6ccccc6oc5c5ccccc5c43)nc3ccccc23)cc1. The lowest BCUT2D eigenvalue weighted by Crippen LogP contribution is -2.03. The van der Waals surface area contributed by atoms with Gasteiger partial charge in [-0.25, -0.2) is 9.97 Å². The van der Waals surface area contributed by atoms with Crippen molar-refractivity contribution in [2.75, 3.05) is 0 Å². The first-order valence-electron chi connectivity index (χ1n) is 13.4. The number of nitrogens with zero attached hydrogens (tertiary/aromatic N) is 3. The minimum atomic E-state index is 0.654. The van der Waals surface area contributed by atoms with Gasteiger partial charge in [0.25, 0.3) is 0 Å². The number of rotatable bonds is 2. The Labute approximate surface area is 228 Å². The molecule has 0 aliphatic rings. The average Bonchev–Trinajstić information content (AvgIpc) is 3.58. The molecule has 0 amide bonds. The zero-order valence-corrected chi connectivity index (χ0v) is 21.4. The molecule has 0 aliphatic heterocycles. The van der Waals surface area contributed by atoms with Gasteiger partial charge < -0.3 is 4.42 Å². The lowest BCUT2D eigenvalue weighted by Gasteiger charge is -2.12. The van der Waals surface area contributed by atoms with E-state index in [2.05, 4.69) is 102 Å². The highest BCUT2D eigenvalue weighted by Gasteiger charge is 2.24. The predicted octanol–water partition coefficient (Wildman–Crippen LogP) is 9.45. The standard InChI is InChI=1S/C36H21N3O/c1-2-12-22(13-3-1)33-25-16-6-9-19-28(25)37-36(38-33)39-29-20-10-7-17-26(29)31-32-27-18-8-11-21-30(27)40-35(32)24-15-5-4-14-23(24)34(31)39/h1-21H. The van der Waals surface area contributed by atoms with E-state index in [1.165, 1.54) is 0 Å². The largest absolute Gasteiger partial charge is 0.455 e. The molecule has 0 N–H and O–H groups in total. The molecule has 0 radical (unpaired) electrons. The average molecular weight is 512 g/mol. The summed E-state index contributed by atoms with van der Waals surface area (Å²) in [6, 6.07) is 44.0. The van der Waals surface area contributed by atoms with Gasteiger partial charge >= 0.3 is 0 Å². The smallest absolute Gasteiger partial charge is 0.235 e. The van der Waals surface area contributed by atoms with Crippen LogP contribution in [-0.2, 0) is 0 Å². The Kier molecular flexibility index (Phi) is 4.30. The van der Waals surface area contributed by atoms with Crippen molar-refractivity contribution in [1.82, 2.24) is 14.5 Å². The first-order valence-corrected chi connectivity index (χ1v) is 13.4. The van der Waals surface area contributed by atoms with Crippen LogP contribution in [0.2, 0.25) is 0 Å². The Morgan fingerprint density at radius 2 is 1.15 bits per heavy atom. The maximum atomic E-state index is 6.53. The summed E-state index contributed by atoms with van der Waals surface area (Å²) in [6.45, 7) is 0. The molecule has 0 spiro atoms. The van der Waals surface area contributed by atoms with Crippen molar-refractivity contribution < 1.29 is 4.42 Å². The maximum absolute atomic E-state index is 6.53. The van der Waals surface area contributed by atoms with Crippen LogP contribution in [0.15, 0.2) is 132 Å². The molecule has 3 aromatic heterocycles. The van der Waals surface area contributed by atoms with Crippen molar-refractivity contribution in [3.05, 3.63) is 127 Å². The van der Waals surface area contributed by atoms with Crippen molar-refractivity contribution >= 4 is 65.4 Å². The number of furan rings is 1. The Hall–Kier alpha value is -5.48. The Balaban J connectivity index is 1.54. The normalized spacial score (nSPS) is 12.0. The van der Waals surface area contributed by atoms with Crippen LogP contribution >= 0.6 is 0 Å². The van der Waals surface area contributed by atoms with Crippen molar-refractivity contribution in [3.8, 4) is 17.2 Å². The van der Waals surface area contributed by atoms with Crippen LogP contribution in [0.4, 0.5) is 0 Å². The molecule has 40 heavy (non-hydrogen) atoms. The van der Waals surface area contributed by atoms with Gasteiger partial charge in [-0.15, -0.1) is 0 Å². The number of para-hydroxylation sites is 3. The zero-order valence-electron chi connectivity index (χ0n) is 21.4. The van der Waals surface area contributed by atoms with E-state index in [1.54, 1.807) is 0 Å². The van der Waals surface area contributed by atoms with Crippen LogP contribution in [0, 0.1) is 0 Å². The van der Waals surface area contributed by atoms with Gasteiger partial charge in [-0.3, -0.25) is 4.57 Å². The molecule has 6 aromatic carbocycles. The van der Waals surface area contributed by atoms with Crippen LogP contribution in [0.3, 0.4) is 0 Å². The third-order valence-electron chi connectivity index (χ3n) is 7.99. The third kappa shape index (κ3) is 2.85. The molecular formula is C36H21N3O. The topological polar surface area (TPSA) is 43.9 Å². The van der Waals surface area contributed by atoms with Crippen LogP contribution in [0.25, 0.3) is 82.6 Å². The van der Waals surface area contributed by atoms with Gasteiger partial charge in [0, 0.05) is 43.3 Å². The molecule has 3 heterocycles. The number of benzene rings is 6. The Morgan fingerprint density at radius 3 is 2.00 bits per heavy atom. The van der Waals surface area contributed by atoms with E-state index in [9.17, 15) is 0 Å². The first-order chi connectivity index (χ1) is 19.9. The molecule has 0 saturated heterocycles. The summed E-state index contributed by atoms with van der Waals surface area (Å²) in [5.41, 5.74) is 6.86. The molecule has 0 unspecified atom stereocenters. The van der Waals surface area contributed by atoms with Gasteiger partial charge in [0.05, 0.1) is 22.2 Å². The second-order valence-electron chi connectivity index (χ2n) is 10.2. The summed E-state index contributed by atoms with van der Waals surface area (Å²) in [7, 11) is 0. The molecule has 9 rings (SSSR count). The van der Waals surface area contributed by atoms with Crippen molar-refractivity contribution in [3.63, 3.8) is 0 Å². The highest BCUT2D eigenvalue weighted by atomic mass is 16.3. The minimum Gasteiger partial charge on any atom is -0.455 e. The quantitative estimate of drug-likeness (QED) is 0.232. The van der Waals surface area contributed by atoms with Gasteiger partial charge in [0.15, 0.2) is 0 Å². The molecule has 0 atom stereocenters. The van der Waals surface area contributed by atoms with E-state index in [4.69, 9.17) is 14.4 Å². The van der Waals surface area contributed by atoms with Crippen molar-refractivity contribution in [1.29, 1.82) is 0 Å². The summed E-state index contributed by atoms with van der Waals surface area (Å²) >= 11 is 0. The highest BCUT2D eigenvalue weighted by molar-refractivity contribution is 6.35. The molecular weight excluding hydrogens is 490 g/mol. The van der Waals surface area contributed by atoms with Crippen LogP contribution in [-0.4, -0.2) is 14.5 Å². The molecule has 0 bridgehead atoms. The number of aromatic nitrogens is 3. The molecule has 0 aliphatic carbocycles. The number of hydrogen-bond acceptors (Lipinski definition) is 3. The van der Waals surface area contributed by atoms with E-state index in [1.807, 2.05) is 30.3 Å². The first kappa shape index (κ1) is 21.5. The summed E-state index contributed by atoms with van der Waals surface area (Å²) in [5, 5.41) is 7.77. The second-order valence-corrected chi connectivity index (χ2v) is 10.2. The van der Waals surface area contributed by atoms with Crippen LogP contribution < -0.4 is 0 Å². The Morgan fingerprint density at radius 1 is 0.500 bits per heavy atom. The maximum Gasteiger partial charge on any atom is 0.235 e. The summed E-state index contributed by atoms with van der Waals surface area (Å²) in [6.07, 6.45) is 0. The summed E-state index contributed by atoms with van der Waals surface area (Å²) in [5.74, 6) is 0.654. The fourth-order valence-corrected chi connectivity index (χ4v) is 6.31. The van der Waals surface area contributed by atoms with Gasteiger partial charge in [0.2, 0.25) is 5.95 Å². The van der Waals surface area contributed by atoms with E-state index in [0.717, 1.165) is 76.7 Å². The molecule has 4 nitrogen and oxygen atoms in total. The molecule has 186 valence electrons. The van der Waals surface area contributed by atoms with Gasteiger partial charge in [-0.1, -0.05) is 109 Å². The lowest BCUT2D eigenvalue weighted by molar-refractivity contribution is 0.673. The van der Waals surface area contributed by atoms with Gasteiger partial charge in [-0.05, 0) is 18.2 Å². The molecule has 4 heteroatoms. The summed E-state index contributed by atoms with van der Waals surface area (Å²) in [4.78, 5) is 10.4. The van der Waals surface area contributed by atoms with Gasteiger partial charge in [-0.2, -0.15) is 0 Å². The molecule has 9 aromatic rings. The molecule has 0 saturated carbocycles. The molecule has 0 fully saturated rings. The van der Waals surface area contributed by atoms with Crippen LogP contribution in [0.1, 0.15) is 0 Å². The van der Waals surface area contributed by atoms with Crippen molar-refractivity contribution in [2.45, 2.75) is 0 Å². The second kappa shape index (κ2) is 8.01. The highest BCUT2D eigenvalue weighted by Crippen LogP contribution is 2.45. The monoisotopic (exact) mass is 511 g/mol.